The van der Waals surface area contributed by atoms with Crippen molar-refractivity contribution in [2.24, 2.45) is 5.10 Å². The molecule has 0 amide bonds. The van der Waals surface area contributed by atoms with E-state index in [0.717, 1.165) is 35.6 Å². The number of benzene rings is 3. The van der Waals surface area contributed by atoms with Gasteiger partial charge in [0.2, 0.25) is 17.8 Å². The lowest BCUT2D eigenvalue weighted by Crippen LogP contribution is -2.21. The fraction of sp³-hybridized carbons (Fsp3) is 0.214. The molecule has 3 N–H and O–H groups in total. The van der Waals surface area contributed by atoms with Crippen LogP contribution in [0.1, 0.15) is 30.5 Å². The molecular formula is C28H32N8. The molecule has 0 unspecified atom stereocenters. The summed E-state index contributed by atoms with van der Waals surface area (Å²) < 4.78 is 0. The minimum Gasteiger partial charge on any atom is -0.372 e. The third-order valence-corrected chi connectivity index (χ3v) is 5.69. The summed E-state index contributed by atoms with van der Waals surface area (Å²) in [6.45, 7) is 10.4. The number of hydrazone groups is 1. The van der Waals surface area contributed by atoms with Gasteiger partial charge in [0.05, 0.1) is 6.21 Å². The summed E-state index contributed by atoms with van der Waals surface area (Å²) in [7, 11) is 0. The summed E-state index contributed by atoms with van der Waals surface area (Å²) in [6.07, 6.45) is 1.75. The van der Waals surface area contributed by atoms with Gasteiger partial charge in [-0.15, -0.1) is 0 Å². The van der Waals surface area contributed by atoms with E-state index in [0.29, 0.717) is 17.8 Å². The van der Waals surface area contributed by atoms with Crippen LogP contribution in [0, 0.1) is 13.8 Å². The number of para-hydroxylation sites is 1. The highest BCUT2D eigenvalue weighted by atomic mass is 15.4. The van der Waals surface area contributed by atoms with Crippen molar-refractivity contribution in [3.8, 4) is 0 Å². The van der Waals surface area contributed by atoms with Gasteiger partial charge in [-0.05, 0) is 69.2 Å². The van der Waals surface area contributed by atoms with Crippen LogP contribution in [-0.4, -0.2) is 34.3 Å². The molecule has 8 heteroatoms. The Hall–Kier alpha value is -4.46. The second-order valence-electron chi connectivity index (χ2n) is 8.37. The van der Waals surface area contributed by atoms with Crippen molar-refractivity contribution in [3.63, 3.8) is 0 Å². The summed E-state index contributed by atoms with van der Waals surface area (Å²) in [6, 6.07) is 24.2. The van der Waals surface area contributed by atoms with E-state index in [1.54, 1.807) is 6.21 Å². The first-order valence-electron chi connectivity index (χ1n) is 12.1. The number of hydrogen-bond donors (Lipinski definition) is 3. The zero-order chi connectivity index (χ0) is 25.3. The van der Waals surface area contributed by atoms with Crippen LogP contribution in [0.5, 0.6) is 0 Å². The lowest BCUT2D eigenvalue weighted by molar-refractivity contribution is 0.866. The molecule has 0 atom stereocenters. The van der Waals surface area contributed by atoms with Crippen LogP contribution < -0.4 is 21.0 Å². The number of aryl methyl sites for hydroxylation is 2. The van der Waals surface area contributed by atoms with Crippen LogP contribution in [0.25, 0.3) is 0 Å². The van der Waals surface area contributed by atoms with Crippen LogP contribution in [0.15, 0.2) is 77.9 Å². The Kier molecular flexibility index (Phi) is 8.08. The normalized spacial score (nSPS) is 10.9. The molecule has 0 fully saturated rings. The molecule has 0 saturated heterocycles. The minimum atomic E-state index is 0.326. The standard InChI is InChI=1S/C28H32N8/c1-5-36(6-2)24-15-13-22(14-16-24)19-29-35-28-33-26(30-23-10-8-7-9-11-23)32-27(34-28)31-25-17-12-20(3)18-21(25)4/h7-19H,5-6H2,1-4H3,(H3,30,31,32,33,34,35)/b29-19+. The number of nitrogens with zero attached hydrogens (tertiary/aromatic N) is 5. The van der Waals surface area contributed by atoms with E-state index in [1.807, 2.05) is 48.5 Å². The van der Waals surface area contributed by atoms with Gasteiger partial charge in [-0.2, -0.15) is 20.1 Å². The molecule has 3 aromatic carbocycles. The van der Waals surface area contributed by atoms with Crippen molar-refractivity contribution in [2.75, 3.05) is 34.0 Å². The molecular weight excluding hydrogens is 448 g/mol. The number of hydrogen-bond acceptors (Lipinski definition) is 8. The van der Waals surface area contributed by atoms with Gasteiger partial charge < -0.3 is 15.5 Å². The Balaban J connectivity index is 1.54. The highest BCUT2D eigenvalue weighted by molar-refractivity contribution is 5.80. The molecule has 0 aliphatic heterocycles. The van der Waals surface area contributed by atoms with Gasteiger partial charge in [0.15, 0.2) is 0 Å². The van der Waals surface area contributed by atoms with Crippen LogP contribution in [0.4, 0.5) is 34.9 Å². The predicted molar refractivity (Wildman–Crippen MR) is 150 cm³/mol. The van der Waals surface area contributed by atoms with Gasteiger partial charge in [0, 0.05) is 30.2 Å². The summed E-state index contributed by atoms with van der Waals surface area (Å²) in [5.41, 5.74) is 9.23. The van der Waals surface area contributed by atoms with Gasteiger partial charge in [-0.25, -0.2) is 5.43 Å². The first kappa shape index (κ1) is 24.7. The van der Waals surface area contributed by atoms with E-state index in [4.69, 9.17) is 0 Å². The highest BCUT2D eigenvalue weighted by Crippen LogP contribution is 2.22. The molecule has 0 aliphatic carbocycles. The average molecular weight is 481 g/mol. The van der Waals surface area contributed by atoms with Crippen molar-refractivity contribution in [1.82, 2.24) is 15.0 Å². The molecule has 36 heavy (non-hydrogen) atoms. The number of aromatic nitrogens is 3. The van der Waals surface area contributed by atoms with Crippen LogP contribution in [0.3, 0.4) is 0 Å². The zero-order valence-corrected chi connectivity index (χ0v) is 21.2. The maximum absolute atomic E-state index is 4.56. The zero-order valence-electron chi connectivity index (χ0n) is 21.2. The molecule has 4 aromatic rings. The van der Waals surface area contributed by atoms with Crippen molar-refractivity contribution in [2.45, 2.75) is 27.7 Å². The van der Waals surface area contributed by atoms with Crippen LogP contribution in [-0.2, 0) is 0 Å². The lowest BCUT2D eigenvalue weighted by Gasteiger charge is -2.20. The molecule has 0 radical (unpaired) electrons. The summed E-state index contributed by atoms with van der Waals surface area (Å²) in [5.74, 6) is 1.15. The quantitative estimate of drug-likeness (QED) is 0.182. The van der Waals surface area contributed by atoms with E-state index in [9.17, 15) is 0 Å². The fourth-order valence-corrected chi connectivity index (χ4v) is 3.79. The Morgan fingerprint density at radius 2 is 1.44 bits per heavy atom. The number of nitrogens with one attached hydrogen (secondary N) is 3. The van der Waals surface area contributed by atoms with Gasteiger partial charge in [-0.3, -0.25) is 0 Å². The van der Waals surface area contributed by atoms with Gasteiger partial charge >= 0.3 is 0 Å². The fourth-order valence-electron chi connectivity index (χ4n) is 3.79. The first-order valence-corrected chi connectivity index (χ1v) is 12.1. The van der Waals surface area contributed by atoms with E-state index < -0.39 is 0 Å². The highest BCUT2D eigenvalue weighted by Gasteiger charge is 2.09. The molecule has 1 aromatic heterocycles. The maximum Gasteiger partial charge on any atom is 0.250 e. The Morgan fingerprint density at radius 3 is 2.11 bits per heavy atom. The van der Waals surface area contributed by atoms with Crippen molar-refractivity contribution in [3.05, 3.63) is 89.5 Å². The summed E-state index contributed by atoms with van der Waals surface area (Å²) in [4.78, 5) is 15.9. The molecule has 184 valence electrons. The van der Waals surface area contributed by atoms with E-state index in [-0.39, 0.29) is 0 Å². The molecule has 0 saturated carbocycles. The van der Waals surface area contributed by atoms with Gasteiger partial charge in [0.1, 0.15) is 0 Å². The van der Waals surface area contributed by atoms with E-state index in [2.05, 4.69) is 93.0 Å². The second-order valence-corrected chi connectivity index (χ2v) is 8.37. The monoisotopic (exact) mass is 480 g/mol. The van der Waals surface area contributed by atoms with Gasteiger partial charge in [-0.1, -0.05) is 48.0 Å². The van der Waals surface area contributed by atoms with Crippen molar-refractivity contribution < 1.29 is 0 Å². The Labute approximate surface area is 212 Å². The first-order chi connectivity index (χ1) is 17.5. The molecule has 1 heterocycles. The third-order valence-electron chi connectivity index (χ3n) is 5.69. The molecule has 0 bridgehead atoms. The Bertz CT molecular complexity index is 1300. The lowest BCUT2D eigenvalue weighted by atomic mass is 10.1. The van der Waals surface area contributed by atoms with Crippen LogP contribution >= 0.6 is 0 Å². The second kappa shape index (κ2) is 11.8. The topological polar surface area (TPSA) is 90.4 Å². The molecule has 8 nitrogen and oxygen atoms in total. The smallest absolute Gasteiger partial charge is 0.250 e. The number of rotatable bonds is 10. The van der Waals surface area contributed by atoms with Crippen molar-refractivity contribution >= 4 is 41.1 Å². The summed E-state index contributed by atoms with van der Waals surface area (Å²) in [5, 5.41) is 10.9. The van der Waals surface area contributed by atoms with Crippen LogP contribution in [0.2, 0.25) is 0 Å². The minimum absolute atomic E-state index is 0.326. The number of anilines is 6. The van der Waals surface area contributed by atoms with Gasteiger partial charge in [0.25, 0.3) is 0 Å². The largest absolute Gasteiger partial charge is 0.372 e. The third kappa shape index (κ3) is 6.56. The van der Waals surface area contributed by atoms with Crippen molar-refractivity contribution in [1.29, 1.82) is 0 Å². The maximum atomic E-state index is 4.56. The van der Waals surface area contributed by atoms with E-state index >= 15 is 0 Å². The van der Waals surface area contributed by atoms with E-state index in [1.165, 1.54) is 11.3 Å². The molecule has 0 aliphatic rings. The Morgan fingerprint density at radius 1 is 0.778 bits per heavy atom. The molecule has 0 spiro atoms. The SMILES string of the molecule is CCN(CC)c1ccc(/C=N/Nc2nc(Nc3ccccc3)nc(Nc3ccc(C)cc3C)n2)cc1. The molecule has 4 rings (SSSR count). The average Bonchev–Trinajstić information content (AvgIpc) is 2.88. The predicted octanol–water partition coefficient (Wildman–Crippen LogP) is 6.27. The summed E-state index contributed by atoms with van der Waals surface area (Å²) >= 11 is 0.